The van der Waals surface area contributed by atoms with Crippen molar-refractivity contribution in [1.29, 1.82) is 0 Å². The summed E-state index contributed by atoms with van der Waals surface area (Å²) in [5, 5.41) is 8.87. The van der Waals surface area contributed by atoms with Gasteiger partial charge in [-0.05, 0) is 50.4 Å². The highest BCUT2D eigenvalue weighted by atomic mass is 32.1. The molecule has 6 heteroatoms. The van der Waals surface area contributed by atoms with E-state index in [1.165, 1.54) is 42.8 Å². The summed E-state index contributed by atoms with van der Waals surface area (Å²) in [4.78, 5) is 17.0. The van der Waals surface area contributed by atoms with Gasteiger partial charge in [0.1, 0.15) is 4.83 Å². The molecule has 28 heavy (non-hydrogen) atoms. The van der Waals surface area contributed by atoms with Gasteiger partial charge < -0.3 is 10.2 Å². The first-order chi connectivity index (χ1) is 13.6. The molecule has 0 aliphatic carbocycles. The van der Waals surface area contributed by atoms with Gasteiger partial charge in [0.25, 0.3) is 5.91 Å². The van der Waals surface area contributed by atoms with Gasteiger partial charge >= 0.3 is 0 Å². The minimum absolute atomic E-state index is 0.0279. The highest BCUT2D eigenvalue weighted by Gasteiger charge is 2.18. The van der Waals surface area contributed by atoms with E-state index in [9.17, 15) is 4.79 Å². The first kappa shape index (κ1) is 19.2. The van der Waals surface area contributed by atoms with E-state index in [-0.39, 0.29) is 5.91 Å². The van der Waals surface area contributed by atoms with Gasteiger partial charge in [-0.3, -0.25) is 9.48 Å². The number of carbonyl (C=O) groups is 1. The number of fused-ring (bicyclic) bond motifs is 1. The average molecular weight is 397 g/mol. The lowest BCUT2D eigenvalue weighted by atomic mass is 10.1. The predicted octanol–water partition coefficient (Wildman–Crippen LogP) is 3.92. The molecular weight excluding hydrogens is 368 g/mol. The molecule has 0 radical (unpaired) electrons. The van der Waals surface area contributed by atoms with Gasteiger partial charge in [-0.25, -0.2) is 0 Å². The molecule has 1 atom stereocenters. The Balaban J connectivity index is 1.42. The number of amides is 1. The molecule has 5 nitrogen and oxygen atoms in total. The Labute approximate surface area is 170 Å². The first-order valence-electron chi connectivity index (χ1n) is 10.1. The van der Waals surface area contributed by atoms with Crippen LogP contribution in [-0.4, -0.2) is 46.8 Å². The number of hydrogen-bond acceptors (Lipinski definition) is 4. The largest absolute Gasteiger partial charge is 0.351 e. The van der Waals surface area contributed by atoms with Crippen LogP contribution in [0.5, 0.6) is 0 Å². The van der Waals surface area contributed by atoms with Crippen molar-refractivity contribution >= 4 is 27.5 Å². The molecule has 1 unspecified atom stereocenters. The van der Waals surface area contributed by atoms with Gasteiger partial charge in [0.05, 0.1) is 17.1 Å². The summed E-state index contributed by atoms with van der Waals surface area (Å²) >= 11 is 1.53. The van der Waals surface area contributed by atoms with Gasteiger partial charge in [0.2, 0.25) is 0 Å². The minimum Gasteiger partial charge on any atom is -0.351 e. The molecule has 0 spiro atoms. The van der Waals surface area contributed by atoms with Crippen LogP contribution in [0.15, 0.2) is 36.4 Å². The second-order valence-corrected chi connectivity index (χ2v) is 8.91. The van der Waals surface area contributed by atoms with Crippen molar-refractivity contribution in [2.75, 3.05) is 26.2 Å². The summed E-state index contributed by atoms with van der Waals surface area (Å²) in [7, 11) is 0. The second-order valence-electron chi connectivity index (χ2n) is 7.88. The third-order valence-electron chi connectivity index (χ3n) is 5.39. The van der Waals surface area contributed by atoms with Crippen LogP contribution >= 0.6 is 11.3 Å². The van der Waals surface area contributed by atoms with Crippen molar-refractivity contribution in [3.8, 4) is 0 Å². The number of nitrogens with one attached hydrogen (secondary N) is 1. The molecule has 1 fully saturated rings. The zero-order valence-corrected chi connectivity index (χ0v) is 17.5. The maximum absolute atomic E-state index is 12.7. The molecule has 1 aliphatic heterocycles. The van der Waals surface area contributed by atoms with Crippen molar-refractivity contribution < 1.29 is 4.79 Å². The Morgan fingerprint density at radius 3 is 2.75 bits per heavy atom. The quantitative estimate of drug-likeness (QED) is 0.659. The second kappa shape index (κ2) is 8.45. The molecule has 3 heterocycles. The number of likely N-dealkylation sites (tertiary alicyclic amines) is 1. The van der Waals surface area contributed by atoms with Crippen molar-refractivity contribution in [3.05, 3.63) is 52.5 Å². The van der Waals surface area contributed by atoms with Crippen LogP contribution < -0.4 is 5.32 Å². The topological polar surface area (TPSA) is 50.2 Å². The van der Waals surface area contributed by atoms with Crippen LogP contribution in [0.1, 0.15) is 40.7 Å². The lowest BCUT2D eigenvalue weighted by Crippen LogP contribution is -2.34. The molecule has 0 bridgehead atoms. The molecule has 2 aromatic heterocycles. The maximum atomic E-state index is 12.7. The fourth-order valence-electron chi connectivity index (χ4n) is 3.91. The number of aryl methyl sites for hydroxylation is 1. The van der Waals surface area contributed by atoms with Crippen LogP contribution in [0.25, 0.3) is 10.2 Å². The number of carbonyl (C=O) groups excluding carboxylic acids is 1. The van der Waals surface area contributed by atoms with E-state index < -0.39 is 0 Å². The van der Waals surface area contributed by atoms with Crippen molar-refractivity contribution in [3.63, 3.8) is 0 Å². The van der Waals surface area contributed by atoms with Crippen LogP contribution in [0, 0.1) is 12.8 Å². The Morgan fingerprint density at radius 1 is 1.25 bits per heavy atom. The molecule has 4 rings (SSSR count). The third-order valence-corrected chi connectivity index (χ3v) is 6.53. The Bertz CT molecular complexity index is 940. The van der Waals surface area contributed by atoms with Gasteiger partial charge in [-0.1, -0.05) is 37.3 Å². The van der Waals surface area contributed by atoms with Gasteiger partial charge in [-0.15, -0.1) is 11.3 Å². The van der Waals surface area contributed by atoms with E-state index in [1.807, 2.05) is 35.9 Å². The molecule has 148 valence electrons. The maximum Gasteiger partial charge on any atom is 0.261 e. The fourth-order valence-corrected chi connectivity index (χ4v) is 4.99. The SMILES string of the molecule is Cc1nn(Cc2ccccc2)c2sc(C(=O)NCC(C)CN3CCCC3)cc12. The van der Waals surface area contributed by atoms with E-state index in [4.69, 9.17) is 0 Å². The van der Waals surface area contributed by atoms with Gasteiger partial charge in [0, 0.05) is 18.5 Å². The normalized spacial score (nSPS) is 15.9. The monoisotopic (exact) mass is 396 g/mol. The third kappa shape index (κ3) is 4.28. The number of hydrogen-bond donors (Lipinski definition) is 1. The Morgan fingerprint density at radius 2 is 2.00 bits per heavy atom. The number of benzene rings is 1. The molecule has 1 aromatic carbocycles. The molecule has 3 aromatic rings. The predicted molar refractivity (Wildman–Crippen MR) is 115 cm³/mol. The standard InChI is InChI=1S/C22H28N4OS/c1-16(14-25-10-6-7-11-25)13-23-21(27)20-12-19-17(2)24-26(22(19)28-20)15-18-8-4-3-5-9-18/h3-5,8-9,12,16H,6-7,10-11,13-15H2,1-2H3,(H,23,27). The van der Waals surface area contributed by atoms with E-state index in [0.717, 1.165) is 40.4 Å². The Kier molecular flexibility index (Phi) is 5.78. The summed E-state index contributed by atoms with van der Waals surface area (Å²) in [5.41, 5.74) is 2.19. The molecular formula is C22H28N4OS. The molecule has 1 amide bonds. The first-order valence-corrected chi connectivity index (χ1v) is 10.9. The van der Waals surface area contributed by atoms with E-state index >= 15 is 0 Å². The van der Waals surface area contributed by atoms with Gasteiger partial charge in [-0.2, -0.15) is 5.10 Å². The lowest BCUT2D eigenvalue weighted by Gasteiger charge is -2.20. The van der Waals surface area contributed by atoms with Crippen molar-refractivity contribution in [2.45, 2.75) is 33.2 Å². The summed E-state index contributed by atoms with van der Waals surface area (Å²) in [5.74, 6) is 0.492. The number of nitrogens with zero attached hydrogens (tertiary/aromatic N) is 3. The molecule has 1 N–H and O–H groups in total. The molecule has 1 saturated heterocycles. The molecule has 1 aliphatic rings. The van der Waals surface area contributed by atoms with Crippen molar-refractivity contribution in [1.82, 2.24) is 20.0 Å². The van der Waals surface area contributed by atoms with Crippen LogP contribution in [0.4, 0.5) is 0 Å². The number of thiophene rings is 1. The lowest BCUT2D eigenvalue weighted by molar-refractivity contribution is 0.0949. The minimum atomic E-state index is 0.0279. The summed E-state index contributed by atoms with van der Waals surface area (Å²) in [6.45, 7) is 9.13. The van der Waals surface area contributed by atoms with E-state index in [0.29, 0.717) is 5.92 Å². The highest BCUT2D eigenvalue weighted by Crippen LogP contribution is 2.29. The number of aromatic nitrogens is 2. The summed E-state index contributed by atoms with van der Waals surface area (Å²) in [6, 6.07) is 12.3. The highest BCUT2D eigenvalue weighted by molar-refractivity contribution is 7.20. The Hall–Kier alpha value is -2.18. The summed E-state index contributed by atoms with van der Waals surface area (Å²) in [6.07, 6.45) is 2.61. The molecule has 0 saturated carbocycles. The van der Waals surface area contributed by atoms with E-state index in [1.54, 1.807) is 0 Å². The van der Waals surface area contributed by atoms with Crippen LogP contribution in [-0.2, 0) is 6.54 Å². The fraction of sp³-hybridized carbons (Fsp3) is 0.455. The average Bonchev–Trinajstić information content (AvgIpc) is 3.41. The summed E-state index contributed by atoms with van der Waals surface area (Å²) < 4.78 is 2.01. The number of rotatable bonds is 7. The smallest absolute Gasteiger partial charge is 0.261 e. The zero-order chi connectivity index (χ0) is 19.5. The van der Waals surface area contributed by atoms with Crippen molar-refractivity contribution in [2.24, 2.45) is 5.92 Å². The zero-order valence-electron chi connectivity index (χ0n) is 16.6. The van der Waals surface area contributed by atoms with Crippen LogP contribution in [0.2, 0.25) is 0 Å². The van der Waals surface area contributed by atoms with Crippen LogP contribution in [0.3, 0.4) is 0 Å². The van der Waals surface area contributed by atoms with Gasteiger partial charge in [0.15, 0.2) is 0 Å². The van der Waals surface area contributed by atoms with E-state index in [2.05, 4.69) is 34.4 Å².